The largest absolute Gasteiger partial charge is 0.293 e. The summed E-state index contributed by atoms with van der Waals surface area (Å²) < 4.78 is 0. The second-order valence-corrected chi connectivity index (χ2v) is 6.12. The molecule has 4 rings (SSSR count). The van der Waals surface area contributed by atoms with Gasteiger partial charge in [-0.1, -0.05) is 61.5 Å². The molecule has 0 N–H and O–H groups in total. The predicted molar refractivity (Wildman–Crippen MR) is 75.3 cm³/mol. The van der Waals surface area contributed by atoms with Gasteiger partial charge in [-0.2, -0.15) is 0 Å². The van der Waals surface area contributed by atoms with E-state index in [4.69, 9.17) is 0 Å². The first-order valence-corrected chi connectivity index (χ1v) is 6.86. The molecule has 94 valence electrons. The summed E-state index contributed by atoms with van der Waals surface area (Å²) in [4.78, 5) is 12.8. The molecule has 1 fully saturated rings. The Hall–Kier alpha value is -1.89. The zero-order valence-electron chi connectivity index (χ0n) is 11.0. The van der Waals surface area contributed by atoms with Crippen molar-refractivity contribution < 1.29 is 4.79 Å². The van der Waals surface area contributed by atoms with Crippen LogP contribution in [-0.4, -0.2) is 5.78 Å². The molecule has 0 saturated heterocycles. The van der Waals surface area contributed by atoms with Gasteiger partial charge in [0, 0.05) is 16.4 Å². The Kier molecular flexibility index (Phi) is 1.94. The van der Waals surface area contributed by atoms with Gasteiger partial charge in [0.25, 0.3) is 0 Å². The summed E-state index contributed by atoms with van der Waals surface area (Å²) in [5, 5.41) is 0. The van der Waals surface area contributed by atoms with Crippen LogP contribution in [0.5, 0.6) is 0 Å². The molecular weight excluding hydrogens is 232 g/mol. The van der Waals surface area contributed by atoms with Crippen molar-refractivity contribution in [1.82, 2.24) is 0 Å². The number of ketones is 1. The maximum Gasteiger partial charge on any atom is 0.170 e. The molecule has 2 aromatic rings. The predicted octanol–water partition coefficient (Wildman–Crippen LogP) is 3.77. The second-order valence-electron chi connectivity index (χ2n) is 6.12. The Morgan fingerprint density at radius 1 is 0.947 bits per heavy atom. The van der Waals surface area contributed by atoms with Crippen molar-refractivity contribution in [1.29, 1.82) is 0 Å². The van der Waals surface area contributed by atoms with Gasteiger partial charge in [0.2, 0.25) is 0 Å². The van der Waals surface area contributed by atoms with Crippen LogP contribution in [0.25, 0.3) is 0 Å². The van der Waals surface area contributed by atoms with Crippen LogP contribution in [0.15, 0.2) is 54.6 Å². The van der Waals surface area contributed by atoms with Crippen molar-refractivity contribution in [2.45, 2.75) is 25.2 Å². The van der Waals surface area contributed by atoms with Crippen molar-refractivity contribution in [2.24, 2.45) is 5.41 Å². The monoisotopic (exact) mass is 248 g/mol. The number of rotatable bonds is 1. The molecule has 0 bridgehead atoms. The molecule has 2 aliphatic rings. The van der Waals surface area contributed by atoms with E-state index in [1.807, 2.05) is 24.3 Å². The van der Waals surface area contributed by atoms with Gasteiger partial charge in [0.1, 0.15) is 0 Å². The first kappa shape index (κ1) is 11.0. The summed E-state index contributed by atoms with van der Waals surface area (Å²) in [5.74, 6) is 0.356. The molecule has 19 heavy (non-hydrogen) atoms. The zero-order chi connectivity index (χ0) is 13.1. The molecule has 2 aliphatic carbocycles. The molecule has 0 aromatic heterocycles. The van der Waals surface area contributed by atoms with Gasteiger partial charge in [-0.05, 0) is 24.0 Å². The van der Waals surface area contributed by atoms with E-state index in [9.17, 15) is 4.79 Å². The minimum absolute atomic E-state index is 0.0182. The van der Waals surface area contributed by atoms with E-state index in [2.05, 4.69) is 37.3 Å². The average Bonchev–Trinajstić information content (AvgIpc) is 2.96. The van der Waals surface area contributed by atoms with E-state index in [0.717, 1.165) is 18.4 Å². The minimum Gasteiger partial charge on any atom is -0.293 e. The quantitative estimate of drug-likeness (QED) is 0.750. The zero-order valence-corrected chi connectivity index (χ0v) is 11.0. The highest BCUT2D eigenvalue weighted by Gasteiger charge is 2.71. The summed E-state index contributed by atoms with van der Waals surface area (Å²) in [6.45, 7) is 2.24. The molecule has 1 spiro atoms. The molecular formula is C18H16O. The number of Topliss-reactive ketones (excluding diaryl/α,β-unsaturated/α-hetero) is 1. The molecule has 0 aliphatic heterocycles. The summed E-state index contributed by atoms with van der Waals surface area (Å²) in [5.41, 5.74) is 3.33. The molecule has 1 nitrogen and oxygen atoms in total. The number of carbonyl (C=O) groups is 1. The third-order valence-electron chi connectivity index (χ3n) is 5.19. The van der Waals surface area contributed by atoms with Gasteiger partial charge in [-0.15, -0.1) is 0 Å². The lowest BCUT2D eigenvalue weighted by molar-refractivity contribution is 0.0902. The van der Waals surface area contributed by atoms with E-state index in [-0.39, 0.29) is 10.8 Å². The minimum atomic E-state index is -0.169. The van der Waals surface area contributed by atoms with Crippen molar-refractivity contribution in [2.75, 3.05) is 0 Å². The van der Waals surface area contributed by atoms with E-state index in [1.165, 1.54) is 11.1 Å². The Balaban J connectivity index is 1.79. The van der Waals surface area contributed by atoms with Crippen LogP contribution in [0.4, 0.5) is 0 Å². The molecule has 1 saturated carbocycles. The van der Waals surface area contributed by atoms with E-state index < -0.39 is 0 Å². The Morgan fingerprint density at radius 2 is 1.63 bits per heavy atom. The summed E-state index contributed by atoms with van der Waals surface area (Å²) in [6.07, 6.45) is 1.89. The van der Waals surface area contributed by atoms with Crippen LogP contribution in [0, 0.1) is 5.41 Å². The lowest BCUT2D eigenvalue weighted by atomic mass is 9.85. The molecule has 1 heteroatoms. The van der Waals surface area contributed by atoms with Crippen LogP contribution in [-0.2, 0) is 11.8 Å². The Bertz CT molecular complexity index is 673. The van der Waals surface area contributed by atoms with E-state index >= 15 is 0 Å². The van der Waals surface area contributed by atoms with E-state index in [1.54, 1.807) is 0 Å². The lowest BCUT2D eigenvalue weighted by Gasteiger charge is -2.17. The molecule has 0 radical (unpaired) electrons. The summed E-state index contributed by atoms with van der Waals surface area (Å²) in [6, 6.07) is 18.6. The maximum absolute atomic E-state index is 12.8. The van der Waals surface area contributed by atoms with Gasteiger partial charge in [-0.25, -0.2) is 0 Å². The number of hydrogen-bond acceptors (Lipinski definition) is 1. The van der Waals surface area contributed by atoms with Crippen LogP contribution in [0.3, 0.4) is 0 Å². The highest BCUT2D eigenvalue weighted by Crippen LogP contribution is 2.69. The molecule has 2 aromatic carbocycles. The second kappa shape index (κ2) is 3.36. The molecule has 0 unspecified atom stereocenters. The number of hydrogen-bond donors (Lipinski definition) is 0. The molecule has 0 amide bonds. The van der Waals surface area contributed by atoms with Gasteiger partial charge in [0.15, 0.2) is 5.78 Å². The van der Waals surface area contributed by atoms with Crippen molar-refractivity contribution in [3.8, 4) is 0 Å². The van der Waals surface area contributed by atoms with Crippen molar-refractivity contribution in [3.05, 3.63) is 71.3 Å². The first-order chi connectivity index (χ1) is 9.17. The summed E-state index contributed by atoms with van der Waals surface area (Å²) in [7, 11) is 0. The number of benzene rings is 2. The number of fused-ring (bicyclic) bond motifs is 1. The highest BCUT2D eigenvalue weighted by atomic mass is 16.1. The highest BCUT2D eigenvalue weighted by molar-refractivity contribution is 6.08. The van der Waals surface area contributed by atoms with Gasteiger partial charge < -0.3 is 0 Å². The number of carbonyl (C=O) groups excluding carboxylic acids is 1. The average molecular weight is 248 g/mol. The van der Waals surface area contributed by atoms with Crippen molar-refractivity contribution >= 4 is 5.78 Å². The third kappa shape index (κ3) is 1.23. The SMILES string of the molecule is C[C@@]1(c2ccccc2)C[C@]12Cc1ccccc1C2=O. The molecule has 0 heterocycles. The fraction of sp³-hybridized carbons (Fsp3) is 0.278. The third-order valence-corrected chi connectivity index (χ3v) is 5.19. The fourth-order valence-electron chi connectivity index (χ4n) is 3.89. The van der Waals surface area contributed by atoms with Crippen LogP contribution in [0.2, 0.25) is 0 Å². The van der Waals surface area contributed by atoms with Gasteiger partial charge in [0.05, 0.1) is 0 Å². The van der Waals surface area contributed by atoms with Crippen LogP contribution in [0.1, 0.15) is 34.8 Å². The smallest absolute Gasteiger partial charge is 0.170 e. The van der Waals surface area contributed by atoms with Gasteiger partial charge >= 0.3 is 0 Å². The topological polar surface area (TPSA) is 17.1 Å². The lowest BCUT2D eigenvalue weighted by Crippen LogP contribution is -2.21. The standard InChI is InChI=1S/C18H16O/c1-17(14-8-3-2-4-9-14)12-18(17)11-13-7-5-6-10-15(13)16(18)19/h2-10H,11-12H2,1H3/t17-,18-/m0/s1. The van der Waals surface area contributed by atoms with E-state index in [0.29, 0.717) is 5.78 Å². The normalized spacial score (nSPS) is 31.5. The Morgan fingerprint density at radius 3 is 2.37 bits per heavy atom. The van der Waals surface area contributed by atoms with Crippen molar-refractivity contribution in [3.63, 3.8) is 0 Å². The van der Waals surface area contributed by atoms with Crippen LogP contribution >= 0.6 is 0 Å². The Labute approximate surface area is 113 Å². The fourth-order valence-corrected chi connectivity index (χ4v) is 3.89. The molecule has 2 atom stereocenters. The maximum atomic E-state index is 12.8. The first-order valence-electron chi connectivity index (χ1n) is 6.86. The van der Waals surface area contributed by atoms with Gasteiger partial charge in [-0.3, -0.25) is 4.79 Å². The van der Waals surface area contributed by atoms with Crippen LogP contribution < -0.4 is 0 Å². The summed E-state index contributed by atoms with van der Waals surface area (Å²) >= 11 is 0.